The van der Waals surface area contributed by atoms with E-state index in [0.29, 0.717) is 30.3 Å². The van der Waals surface area contributed by atoms with Crippen LogP contribution in [0.2, 0.25) is 0 Å². The van der Waals surface area contributed by atoms with Gasteiger partial charge < -0.3 is 15.5 Å². The molecule has 0 saturated heterocycles. The Labute approximate surface area is 162 Å². The summed E-state index contributed by atoms with van der Waals surface area (Å²) in [7, 11) is 0. The van der Waals surface area contributed by atoms with E-state index in [1.807, 2.05) is 0 Å². The van der Waals surface area contributed by atoms with Gasteiger partial charge in [-0.2, -0.15) is 13.2 Å². The van der Waals surface area contributed by atoms with E-state index in [2.05, 4.69) is 15.6 Å². The first-order valence-corrected chi connectivity index (χ1v) is 9.64. The third-order valence-electron chi connectivity index (χ3n) is 4.66. The van der Waals surface area contributed by atoms with Gasteiger partial charge in [-0.15, -0.1) is 0 Å². The summed E-state index contributed by atoms with van der Waals surface area (Å²) in [6.45, 7) is 0.790. The fourth-order valence-corrected chi connectivity index (χ4v) is 3.95. The van der Waals surface area contributed by atoms with Crippen molar-refractivity contribution in [2.75, 3.05) is 17.2 Å². The largest absolute Gasteiger partial charge is 0.416 e. The molecule has 4 rings (SSSR count). The molecule has 1 aliphatic heterocycles. The molecule has 6 nitrogen and oxygen atoms in total. The van der Waals surface area contributed by atoms with Gasteiger partial charge in [-0.25, -0.2) is 9.78 Å². The number of carbonyl (C=O) groups excluding carboxylic acids is 2. The lowest BCUT2D eigenvalue weighted by atomic mass is 10.2. The zero-order valence-corrected chi connectivity index (χ0v) is 15.5. The minimum Gasteiger partial charge on any atom is -0.319 e. The molecular weight excluding hydrogens is 393 g/mol. The van der Waals surface area contributed by atoms with Crippen LogP contribution in [0.1, 0.15) is 29.0 Å². The first kappa shape index (κ1) is 18.7. The number of urea groups is 1. The molecule has 2 N–H and O–H groups in total. The molecule has 0 atom stereocenters. The Kier molecular flexibility index (Phi) is 4.74. The number of amides is 3. The van der Waals surface area contributed by atoms with Crippen molar-refractivity contribution < 1.29 is 22.8 Å². The lowest BCUT2D eigenvalue weighted by Crippen LogP contribution is -2.38. The molecule has 0 radical (unpaired) electrons. The molecule has 3 amide bonds. The first-order valence-electron chi connectivity index (χ1n) is 8.82. The van der Waals surface area contributed by atoms with Crippen LogP contribution in [0.4, 0.5) is 28.8 Å². The van der Waals surface area contributed by atoms with Crippen molar-refractivity contribution in [1.29, 1.82) is 0 Å². The van der Waals surface area contributed by atoms with Gasteiger partial charge in [-0.3, -0.25) is 4.79 Å². The maximum atomic E-state index is 12.6. The van der Waals surface area contributed by atoms with Crippen molar-refractivity contribution in [1.82, 2.24) is 9.88 Å². The van der Waals surface area contributed by atoms with Gasteiger partial charge >= 0.3 is 12.2 Å². The van der Waals surface area contributed by atoms with E-state index in [4.69, 9.17) is 0 Å². The number of thiazole rings is 1. The van der Waals surface area contributed by atoms with Crippen molar-refractivity contribution in [3.05, 3.63) is 40.4 Å². The maximum Gasteiger partial charge on any atom is 0.416 e. The quantitative estimate of drug-likeness (QED) is 0.800. The van der Waals surface area contributed by atoms with Crippen LogP contribution in [0.25, 0.3) is 0 Å². The summed E-state index contributed by atoms with van der Waals surface area (Å²) < 4.78 is 37.8. The number of hydrogen-bond acceptors (Lipinski definition) is 4. The van der Waals surface area contributed by atoms with Gasteiger partial charge in [0.1, 0.15) is 0 Å². The van der Waals surface area contributed by atoms with E-state index in [-0.39, 0.29) is 17.9 Å². The van der Waals surface area contributed by atoms with E-state index in [0.717, 1.165) is 35.5 Å². The number of fused-ring (bicyclic) bond motifs is 1. The molecule has 28 heavy (non-hydrogen) atoms. The highest BCUT2D eigenvalue weighted by molar-refractivity contribution is 7.15. The standard InChI is InChI=1S/C18H17F3N4O2S/c19-18(20,21)11-3-5-12(6-4-11)22-17(27)25-8-7-13-14(9-25)28-16(23-13)24-15(26)10-1-2-10/h3-6,10H,1-2,7-9H2,(H,22,27)(H,23,24,26). The van der Waals surface area contributed by atoms with Gasteiger partial charge in [0.25, 0.3) is 0 Å². The second-order valence-corrected chi connectivity index (χ2v) is 7.91. The van der Waals surface area contributed by atoms with Gasteiger partial charge in [0.2, 0.25) is 5.91 Å². The number of anilines is 2. The van der Waals surface area contributed by atoms with Crippen LogP contribution in [-0.4, -0.2) is 28.4 Å². The predicted molar refractivity (Wildman–Crippen MR) is 98.0 cm³/mol. The summed E-state index contributed by atoms with van der Waals surface area (Å²) in [5.74, 6) is 0.0786. The van der Waals surface area contributed by atoms with E-state index in [9.17, 15) is 22.8 Å². The number of rotatable bonds is 3. The van der Waals surface area contributed by atoms with Crippen LogP contribution in [-0.2, 0) is 23.9 Å². The predicted octanol–water partition coefficient (Wildman–Crippen LogP) is 4.10. The first-order chi connectivity index (χ1) is 13.3. The second-order valence-electron chi connectivity index (χ2n) is 6.83. The molecule has 2 heterocycles. The van der Waals surface area contributed by atoms with Gasteiger partial charge in [0, 0.05) is 29.4 Å². The van der Waals surface area contributed by atoms with Gasteiger partial charge in [-0.1, -0.05) is 11.3 Å². The fourth-order valence-electron chi connectivity index (χ4n) is 2.92. The SMILES string of the molecule is O=C(Nc1nc2c(s1)CN(C(=O)Nc1ccc(C(F)(F)F)cc1)CC2)C1CC1. The summed E-state index contributed by atoms with van der Waals surface area (Å²) in [6, 6.07) is 3.94. The van der Waals surface area contributed by atoms with Gasteiger partial charge in [0.05, 0.1) is 17.8 Å². The van der Waals surface area contributed by atoms with E-state index >= 15 is 0 Å². The molecule has 1 aromatic carbocycles. The van der Waals surface area contributed by atoms with Crippen LogP contribution < -0.4 is 10.6 Å². The third kappa shape index (κ3) is 4.11. The highest BCUT2D eigenvalue weighted by Gasteiger charge is 2.32. The van der Waals surface area contributed by atoms with E-state index < -0.39 is 11.7 Å². The normalized spacial score (nSPS) is 16.5. The molecule has 2 aliphatic rings. The third-order valence-corrected chi connectivity index (χ3v) is 5.66. The number of benzene rings is 1. The lowest BCUT2D eigenvalue weighted by molar-refractivity contribution is -0.137. The Morgan fingerprint density at radius 1 is 1.14 bits per heavy atom. The minimum absolute atomic E-state index is 0.0111. The highest BCUT2D eigenvalue weighted by Crippen LogP contribution is 2.33. The van der Waals surface area contributed by atoms with Crippen molar-refractivity contribution in [2.24, 2.45) is 5.92 Å². The van der Waals surface area contributed by atoms with Crippen molar-refractivity contribution >= 4 is 34.1 Å². The van der Waals surface area contributed by atoms with Gasteiger partial charge in [0.15, 0.2) is 5.13 Å². The average Bonchev–Trinajstić information content (AvgIpc) is 3.41. The summed E-state index contributed by atoms with van der Waals surface area (Å²) in [5, 5.41) is 5.99. The molecule has 1 aliphatic carbocycles. The smallest absolute Gasteiger partial charge is 0.319 e. The number of aromatic nitrogens is 1. The number of alkyl halides is 3. The molecule has 2 aromatic rings. The number of nitrogens with zero attached hydrogens (tertiary/aromatic N) is 2. The molecule has 0 spiro atoms. The van der Waals surface area contributed by atoms with Crippen LogP contribution in [0, 0.1) is 5.92 Å². The molecule has 1 aromatic heterocycles. The van der Waals surface area contributed by atoms with Gasteiger partial charge in [-0.05, 0) is 37.1 Å². The average molecular weight is 410 g/mol. The Balaban J connectivity index is 1.37. The molecule has 1 fully saturated rings. The molecule has 1 saturated carbocycles. The Bertz CT molecular complexity index is 907. The number of carbonyl (C=O) groups is 2. The van der Waals surface area contributed by atoms with Crippen molar-refractivity contribution in [3.63, 3.8) is 0 Å². The Hall–Kier alpha value is -2.62. The van der Waals surface area contributed by atoms with E-state index in [1.54, 1.807) is 4.90 Å². The monoisotopic (exact) mass is 410 g/mol. The van der Waals surface area contributed by atoms with E-state index in [1.165, 1.54) is 23.5 Å². The summed E-state index contributed by atoms with van der Waals surface area (Å²) in [4.78, 5) is 31.2. The second kappa shape index (κ2) is 7.08. The Morgan fingerprint density at radius 2 is 1.86 bits per heavy atom. The number of halogens is 3. The van der Waals surface area contributed by atoms with Crippen molar-refractivity contribution in [3.8, 4) is 0 Å². The summed E-state index contributed by atoms with van der Waals surface area (Å²) in [6.07, 6.45) is -2.03. The van der Waals surface area contributed by atoms with Crippen LogP contribution >= 0.6 is 11.3 Å². The van der Waals surface area contributed by atoms with Crippen LogP contribution in [0.15, 0.2) is 24.3 Å². The highest BCUT2D eigenvalue weighted by atomic mass is 32.1. The maximum absolute atomic E-state index is 12.6. The van der Waals surface area contributed by atoms with Crippen LogP contribution in [0.3, 0.4) is 0 Å². The molecular formula is C18H17F3N4O2S. The topological polar surface area (TPSA) is 74.3 Å². The number of nitrogens with one attached hydrogen (secondary N) is 2. The molecule has 10 heteroatoms. The molecule has 0 bridgehead atoms. The minimum atomic E-state index is -4.41. The molecule has 148 valence electrons. The number of hydrogen-bond donors (Lipinski definition) is 2. The fraction of sp³-hybridized carbons (Fsp3) is 0.389. The summed E-state index contributed by atoms with van der Waals surface area (Å²) in [5.41, 5.74) is 0.402. The lowest BCUT2D eigenvalue weighted by Gasteiger charge is -2.26. The van der Waals surface area contributed by atoms with Crippen LogP contribution in [0.5, 0.6) is 0 Å². The zero-order valence-electron chi connectivity index (χ0n) is 14.7. The Morgan fingerprint density at radius 3 is 2.50 bits per heavy atom. The molecule has 0 unspecified atom stereocenters. The summed E-state index contributed by atoms with van der Waals surface area (Å²) >= 11 is 1.35. The zero-order chi connectivity index (χ0) is 19.9. The van der Waals surface area contributed by atoms with Crippen molar-refractivity contribution in [2.45, 2.75) is 32.0 Å².